The molecule has 12 heteroatoms. The molecular weight excluding hydrogens is 437 g/mol. The molecule has 0 aliphatic carbocycles. The summed E-state index contributed by atoms with van der Waals surface area (Å²) in [5.41, 5.74) is 0.0425. The number of alkyl halides is 3. The summed E-state index contributed by atoms with van der Waals surface area (Å²) in [5, 5.41) is 12.3. The van der Waals surface area contributed by atoms with Crippen molar-refractivity contribution < 1.29 is 22.8 Å². The number of anilines is 2. The van der Waals surface area contributed by atoms with E-state index in [1.54, 1.807) is 43.6 Å². The minimum absolute atomic E-state index is 0.0798. The Morgan fingerprint density at radius 2 is 1.81 bits per heavy atom. The molecule has 0 fully saturated rings. The number of hydrogen-bond acceptors (Lipinski definition) is 4. The maximum atomic E-state index is 12.9. The van der Waals surface area contributed by atoms with E-state index in [-0.39, 0.29) is 24.4 Å². The molecule has 0 saturated carbocycles. The fourth-order valence-electron chi connectivity index (χ4n) is 2.76. The fourth-order valence-corrected chi connectivity index (χ4v) is 3.00. The van der Waals surface area contributed by atoms with Gasteiger partial charge in [0.05, 0.1) is 17.3 Å². The van der Waals surface area contributed by atoms with Crippen molar-refractivity contribution in [3.05, 3.63) is 58.6 Å². The second-order valence-electron chi connectivity index (χ2n) is 6.68. The molecule has 2 heterocycles. The molecular formula is C19H18ClF3N6O2. The van der Waals surface area contributed by atoms with Gasteiger partial charge in [0.2, 0.25) is 5.91 Å². The van der Waals surface area contributed by atoms with Crippen LogP contribution in [0.5, 0.6) is 0 Å². The van der Waals surface area contributed by atoms with Gasteiger partial charge in [-0.25, -0.2) is 0 Å². The zero-order valence-corrected chi connectivity index (χ0v) is 17.3. The van der Waals surface area contributed by atoms with Crippen LogP contribution < -0.4 is 10.6 Å². The van der Waals surface area contributed by atoms with Crippen molar-refractivity contribution in [3.8, 4) is 0 Å². The lowest BCUT2D eigenvalue weighted by atomic mass is 10.2. The molecule has 0 aliphatic rings. The minimum atomic E-state index is -4.67. The highest BCUT2D eigenvalue weighted by molar-refractivity contribution is 6.31. The number of aryl methyl sites for hydroxylation is 2. The lowest BCUT2D eigenvalue weighted by molar-refractivity contribution is -0.141. The van der Waals surface area contributed by atoms with Gasteiger partial charge < -0.3 is 10.6 Å². The largest absolute Gasteiger partial charge is 0.436 e. The van der Waals surface area contributed by atoms with E-state index < -0.39 is 28.7 Å². The molecule has 3 rings (SSSR count). The van der Waals surface area contributed by atoms with Crippen molar-refractivity contribution in [2.24, 2.45) is 7.05 Å². The van der Waals surface area contributed by atoms with Crippen LogP contribution in [0.4, 0.5) is 24.5 Å². The van der Waals surface area contributed by atoms with Crippen molar-refractivity contribution in [3.63, 3.8) is 0 Å². The summed E-state index contributed by atoms with van der Waals surface area (Å²) in [4.78, 5) is 24.4. The predicted molar refractivity (Wildman–Crippen MR) is 108 cm³/mol. The average molecular weight is 455 g/mol. The SMILES string of the molecule is Cc1c(Cl)c(C(F)(F)F)nn1CCC(=O)Nc1cccc(NC(=O)c2ccn(C)n2)c1. The molecule has 0 atom stereocenters. The highest BCUT2D eigenvalue weighted by Gasteiger charge is 2.38. The van der Waals surface area contributed by atoms with Crippen molar-refractivity contribution in [1.82, 2.24) is 19.6 Å². The van der Waals surface area contributed by atoms with Crippen molar-refractivity contribution in [1.29, 1.82) is 0 Å². The number of nitrogens with one attached hydrogen (secondary N) is 2. The number of carbonyl (C=O) groups is 2. The van der Waals surface area contributed by atoms with E-state index in [4.69, 9.17) is 11.6 Å². The molecule has 31 heavy (non-hydrogen) atoms. The van der Waals surface area contributed by atoms with Gasteiger partial charge in [0, 0.05) is 31.0 Å². The monoisotopic (exact) mass is 454 g/mol. The molecule has 0 spiro atoms. The van der Waals surface area contributed by atoms with Gasteiger partial charge in [-0.15, -0.1) is 0 Å². The summed E-state index contributed by atoms with van der Waals surface area (Å²) >= 11 is 5.70. The van der Waals surface area contributed by atoms with Crippen molar-refractivity contribution in [2.75, 3.05) is 10.6 Å². The first-order chi connectivity index (χ1) is 14.5. The van der Waals surface area contributed by atoms with Gasteiger partial charge in [0.1, 0.15) is 0 Å². The van der Waals surface area contributed by atoms with E-state index in [1.165, 1.54) is 11.6 Å². The molecule has 0 unspecified atom stereocenters. The molecule has 2 aromatic heterocycles. The molecule has 2 amide bonds. The van der Waals surface area contributed by atoms with E-state index in [2.05, 4.69) is 20.8 Å². The molecule has 0 aliphatic heterocycles. The lowest BCUT2D eigenvalue weighted by Crippen LogP contribution is -2.17. The average Bonchev–Trinajstić information content (AvgIpc) is 3.24. The Bertz CT molecular complexity index is 1120. The molecule has 164 valence electrons. The van der Waals surface area contributed by atoms with Crippen LogP contribution >= 0.6 is 11.6 Å². The number of rotatable bonds is 6. The Morgan fingerprint density at radius 3 is 2.39 bits per heavy atom. The number of hydrogen-bond donors (Lipinski definition) is 2. The molecule has 0 radical (unpaired) electrons. The zero-order valence-electron chi connectivity index (χ0n) is 16.5. The third-order valence-electron chi connectivity index (χ3n) is 4.30. The van der Waals surface area contributed by atoms with Crippen LogP contribution in [0.3, 0.4) is 0 Å². The molecule has 1 aromatic carbocycles. The second kappa shape index (κ2) is 8.80. The zero-order chi connectivity index (χ0) is 22.8. The van der Waals surface area contributed by atoms with Gasteiger partial charge in [-0.05, 0) is 31.2 Å². The van der Waals surface area contributed by atoms with Crippen LogP contribution in [-0.2, 0) is 24.6 Å². The van der Waals surface area contributed by atoms with Gasteiger partial charge in [0.25, 0.3) is 5.91 Å². The first-order valence-corrected chi connectivity index (χ1v) is 9.43. The number of amides is 2. The van der Waals surface area contributed by atoms with Gasteiger partial charge >= 0.3 is 6.18 Å². The fraction of sp³-hybridized carbons (Fsp3) is 0.263. The molecule has 0 saturated heterocycles. The number of halogens is 4. The van der Waals surface area contributed by atoms with Crippen molar-refractivity contribution in [2.45, 2.75) is 26.1 Å². The van der Waals surface area contributed by atoms with E-state index in [1.807, 2.05) is 0 Å². The standard InChI is InChI=1S/C19H18ClF3N6O2/c1-11-16(20)17(19(21,22)23)27-29(11)9-7-15(30)24-12-4-3-5-13(10-12)25-18(31)14-6-8-28(2)26-14/h3-6,8,10H,7,9H2,1-2H3,(H,24,30)(H,25,31). The summed E-state index contributed by atoms with van der Waals surface area (Å²) in [5.74, 6) is -0.844. The van der Waals surface area contributed by atoms with Gasteiger partial charge in [-0.1, -0.05) is 17.7 Å². The van der Waals surface area contributed by atoms with E-state index in [0.29, 0.717) is 11.4 Å². The Balaban J connectivity index is 1.60. The van der Waals surface area contributed by atoms with E-state index in [0.717, 1.165) is 4.68 Å². The lowest BCUT2D eigenvalue weighted by Gasteiger charge is -2.09. The highest BCUT2D eigenvalue weighted by atomic mass is 35.5. The Hall–Kier alpha value is -3.34. The molecule has 2 N–H and O–H groups in total. The third kappa shape index (κ3) is 5.43. The summed E-state index contributed by atoms with van der Waals surface area (Å²) < 4.78 is 41.2. The van der Waals surface area contributed by atoms with Crippen LogP contribution in [0.15, 0.2) is 36.5 Å². The number of carbonyl (C=O) groups excluding carboxylic acids is 2. The highest BCUT2D eigenvalue weighted by Crippen LogP contribution is 2.35. The van der Waals surface area contributed by atoms with Crippen molar-refractivity contribution >= 4 is 34.8 Å². The van der Waals surface area contributed by atoms with Crippen LogP contribution in [0.25, 0.3) is 0 Å². The summed E-state index contributed by atoms with van der Waals surface area (Å²) in [6.07, 6.45) is -3.16. The molecule has 0 bridgehead atoms. The van der Waals surface area contributed by atoms with Gasteiger partial charge in [0.15, 0.2) is 11.4 Å². The van der Waals surface area contributed by atoms with Crippen LogP contribution in [0.2, 0.25) is 5.02 Å². The van der Waals surface area contributed by atoms with E-state index in [9.17, 15) is 22.8 Å². The van der Waals surface area contributed by atoms with Crippen LogP contribution in [-0.4, -0.2) is 31.4 Å². The normalized spacial score (nSPS) is 11.4. The maximum Gasteiger partial charge on any atom is 0.436 e. The quantitative estimate of drug-likeness (QED) is 0.591. The summed E-state index contributed by atoms with van der Waals surface area (Å²) in [6, 6.07) is 8.01. The third-order valence-corrected chi connectivity index (χ3v) is 4.76. The van der Waals surface area contributed by atoms with Crippen LogP contribution in [0, 0.1) is 6.92 Å². The van der Waals surface area contributed by atoms with Crippen LogP contribution in [0.1, 0.15) is 28.3 Å². The Labute approximate surface area is 180 Å². The molecule has 8 nitrogen and oxygen atoms in total. The first-order valence-electron chi connectivity index (χ1n) is 9.05. The Kier molecular flexibility index (Phi) is 6.34. The second-order valence-corrected chi connectivity index (χ2v) is 7.05. The topological polar surface area (TPSA) is 93.8 Å². The smallest absolute Gasteiger partial charge is 0.326 e. The van der Waals surface area contributed by atoms with E-state index >= 15 is 0 Å². The first kappa shape index (κ1) is 22.3. The summed E-state index contributed by atoms with van der Waals surface area (Å²) in [7, 11) is 1.69. The number of benzene rings is 1. The number of nitrogens with zero attached hydrogens (tertiary/aromatic N) is 4. The summed E-state index contributed by atoms with van der Waals surface area (Å²) in [6.45, 7) is 1.32. The Morgan fingerprint density at radius 1 is 1.13 bits per heavy atom. The molecule has 3 aromatic rings. The van der Waals surface area contributed by atoms with Gasteiger partial charge in [-0.3, -0.25) is 19.0 Å². The number of aromatic nitrogens is 4. The van der Waals surface area contributed by atoms with Gasteiger partial charge in [-0.2, -0.15) is 23.4 Å². The predicted octanol–water partition coefficient (Wildman–Crippen LogP) is 3.88. The minimum Gasteiger partial charge on any atom is -0.326 e. The maximum absolute atomic E-state index is 12.9.